The zero-order valence-electron chi connectivity index (χ0n) is 11.3. The summed E-state index contributed by atoms with van der Waals surface area (Å²) in [7, 11) is 0. The molecule has 19 heavy (non-hydrogen) atoms. The molecule has 1 aromatic carbocycles. The molecule has 0 saturated carbocycles. The second-order valence-corrected chi connectivity index (χ2v) is 5.54. The second kappa shape index (κ2) is 6.51. The Bertz CT molecular complexity index is 455. The van der Waals surface area contributed by atoms with Crippen molar-refractivity contribution in [1.29, 1.82) is 0 Å². The third-order valence-electron chi connectivity index (χ3n) is 3.46. The van der Waals surface area contributed by atoms with Crippen LogP contribution in [-0.2, 0) is 0 Å². The van der Waals surface area contributed by atoms with E-state index in [4.69, 9.17) is 11.6 Å². The van der Waals surface area contributed by atoms with Crippen molar-refractivity contribution in [2.45, 2.75) is 19.4 Å². The summed E-state index contributed by atoms with van der Waals surface area (Å²) in [5.41, 5.74) is 2.09. The highest BCUT2D eigenvalue weighted by molar-refractivity contribution is 6.30. The monoisotopic (exact) mass is 282 g/mol. The molecule has 1 aliphatic rings. The van der Waals surface area contributed by atoms with Crippen LogP contribution in [0.5, 0.6) is 0 Å². The molecule has 1 fully saturated rings. The Labute approximate surface area is 119 Å². The van der Waals surface area contributed by atoms with Gasteiger partial charge in [0.15, 0.2) is 0 Å². The number of rotatable bonds is 4. The van der Waals surface area contributed by atoms with Gasteiger partial charge in [-0.05, 0) is 31.0 Å². The standard InChI is InChI=1S/C15H20ClFN2/c1-11(2)9-15(19-7-5-18-6-8-19)12-3-4-13(16)14(17)10-12/h3-4,10,15,18H,1,5-9H2,2H3/t15-/m0/s1. The molecule has 0 amide bonds. The number of halogens is 2. The maximum absolute atomic E-state index is 13.7. The summed E-state index contributed by atoms with van der Waals surface area (Å²) in [5.74, 6) is -0.346. The van der Waals surface area contributed by atoms with Gasteiger partial charge in [-0.15, -0.1) is 6.58 Å². The van der Waals surface area contributed by atoms with Crippen LogP contribution in [0.2, 0.25) is 5.02 Å². The van der Waals surface area contributed by atoms with Crippen molar-refractivity contribution in [3.63, 3.8) is 0 Å². The quantitative estimate of drug-likeness (QED) is 0.852. The van der Waals surface area contributed by atoms with Gasteiger partial charge in [-0.2, -0.15) is 0 Å². The van der Waals surface area contributed by atoms with Crippen molar-refractivity contribution >= 4 is 11.6 Å². The first-order valence-electron chi connectivity index (χ1n) is 6.62. The van der Waals surface area contributed by atoms with E-state index in [1.165, 1.54) is 0 Å². The summed E-state index contributed by atoms with van der Waals surface area (Å²) in [6, 6.07) is 5.30. The molecule has 1 saturated heterocycles. The van der Waals surface area contributed by atoms with Crippen molar-refractivity contribution < 1.29 is 4.39 Å². The van der Waals surface area contributed by atoms with Crippen LogP contribution < -0.4 is 5.32 Å². The topological polar surface area (TPSA) is 15.3 Å². The highest BCUT2D eigenvalue weighted by Gasteiger charge is 2.22. The lowest BCUT2D eigenvalue weighted by atomic mass is 9.98. The molecule has 1 atom stereocenters. The number of nitrogens with zero attached hydrogens (tertiary/aromatic N) is 1. The Kier molecular flexibility index (Phi) is 4.97. The maximum atomic E-state index is 13.7. The fourth-order valence-corrected chi connectivity index (χ4v) is 2.62. The number of piperazine rings is 1. The van der Waals surface area contributed by atoms with Crippen LogP contribution in [0.25, 0.3) is 0 Å². The molecule has 104 valence electrons. The molecule has 1 aromatic rings. The van der Waals surface area contributed by atoms with Crippen LogP contribution in [0.1, 0.15) is 24.9 Å². The van der Waals surface area contributed by atoms with Gasteiger partial charge in [0.25, 0.3) is 0 Å². The van der Waals surface area contributed by atoms with Crippen molar-refractivity contribution in [1.82, 2.24) is 10.2 Å². The van der Waals surface area contributed by atoms with Gasteiger partial charge >= 0.3 is 0 Å². The summed E-state index contributed by atoms with van der Waals surface area (Å²) in [5, 5.41) is 3.51. The normalized spacial score (nSPS) is 18.3. The first kappa shape index (κ1) is 14.5. The largest absolute Gasteiger partial charge is 0.314 e. The molecule has 0 aromatic heterocycles. The highest BCUT2D eigenvalue weighted by atomic mass is 35.5. The van der Waals surface area contributed by atoms with Gasteiger partial charge in [0.2, 0.25) is 0 Å². The van der Waals surface area contributed by atoms with E-state index >= 15 is 0 Å². The lowest BCUT2D eigenvalue weighted by Crippen LogP contribution is -2.45. The molecule has 0 bridgehead atoms. The molecule has 2 nitrogen and oxygen atoms in total. The van der Waals surface area contributed by atoms with Gasteiger partial charge in [0.05, 0.1) is 5.02 Å². The smallest absolute Gasteiger partial charge is 0.142 e. The van der Waals surface area contributed by atoms with Crippen LogP contribution >= 0.6 is 11.6 Å². The van der Waals surface area contributed by atoms with Crippen LogP contribution in [0, 0.1) is 5.82 Å². The van der Waals surface area contributed by atoms with Crippen molar-refractivity contribution in [2.24, 2.45) is 0 Å². The summed E-state index contributed by atoms with van der Waals surface area (Å²) in [6.45, 7) is 9.91. The van der Waals surface area contributed by atoms with Crippen LogP contribution in [0.4, 0.5) is 4.39 Å². The van der Waals surface area contributed by atoms with Gasteiger partial charge in [-0.1, -0.05) is 23.2 Å². The second-order valence-electron chi connectivity index (χ2n) is 5.14. The Morgan fingerprint density at radius 1 is 1.47 bits per heavy atom. The van der Waals surface area contributed by atoms with Gasteiger partial charge in [-0.25, -0.2) is 4.39 Å². The molecule has 1 aliphatic heterocycles. The van der Waals surface area contributed by atoms with Gasteiger partial charge in [0, 0.05) is 32.2 Å². The minimum absolute atomic E-state index is 0.179. The van der Waals surface area contributed by atoms with Gasteiger partial charge in [-0.3, -0.25) is 4.90 Å². The summed E-state index contributed by atoms with van der Waals surface area (Å²) in [6.07, 6.45) is 0.848. The Morgan fingerprint density at radius 2 is 2.16 bits per heavy atom. The molecule has 1 N–H and O–H groups in total. The van der Waals surface area contributed by atoms with Crippen LogP contribution in [0.15, 0.2) is 30.4 Å². The van der Waals surface area contributed by atoms with E-state index < -0.39 is 0 Å². The molecular weight excluding hydrogens is 263 g/mol. The predicted molar refractivity (Wildman–Crippen MR) is 78.0 cm³/mol. The van der Waals surface area contributed by atoms with E-state index in [-0.39, 0.29) is 16.9 Å². The molecule has 0 spiro atoms. The number of hydrogen-bond donors (Lipinski definition) is 1. The van der Waals surface area contributed by atoms with Crippen molar-refractivity contribution in [2.75, 3.05) is 26.2 Å². The molecule has 0 radical (unpaired) electrons. The van der Waals surface area contributed by atoms with Crippen LogP contribution in [0.3, 0.4) is 0 Å². The summed E-state index contributed by atoms with van der Waals surface area (Å²) < 4.78 is 13.7. The molecule has 4 heteroatoms. The fraction of sp³-hybridized carbons (Fsp3) is 0.467. The predicted octanol–water partition coefficient (Wildman–Crippen LogP) is 3.39. The Morgan fingerprint density at radius 3 is 2.74 bits per heavy atom. The first-order chi connectivity index (χ1) is 9.08. The average Bonchev–Trinajstić information content (AvgIpc) is 2.40. The number of hydrogen-bond acceptors (Lipinski definition) is 2. The molecular formula is C15H20ClFN2. The van der Waals surface area contributed by atoms with E-state index in [1.54, 1.807) is 12.1 Å². The number of benzene rings is 1. The first-order valence-corrected chi connectivity index (χ1v) is 7.00. The molecule has 0 unspecified atom stereocenters. The van der Waals surface area contributed by atoms with Crippen LogP contribution in [-0.4, -0.2) is 31.1 Å². The number of nitrogens with one attached hydrogen (secondary N) is 1. The van der Waals surface area contributed by atoms with E-state index in [9.17, 15) is 4.39 Å². The summed E-state index contributed by atoms with van der Waals surface area (Å²) >= 11 is 5.76. The van der Waals surface area contributed by atoms with Gasteiger partial charge in [0.1, 0.15) is 5.82 Å². The highest BCUT2D eigenvalue weighted by Crippen LogP contribution is 2.29. The minimum atomic E-state index is -0.346. The third kappa shape index (κ3) is 3.78. The van der Waals surface area contributed by atoms with Crippen molar-refractivity contribution in [3.05, 3.63) is 46.8 Å². The Balaban J connectivity index is 2.24. The molecule has 2 rings (SSSR count). The summed E-state index contributed by atoms with van der Waals surface area (Å²) in [4.78, 5) is 2.38. The van der Waals surface area contributed by atoms with E-state index in [0.29, 0.717) is 0 Å². The van der Waals surface area contributed by atoms with E-state index in [1.807, 2.05) is 13.0 Å². The van der Waals surface area contributed by atoms with E-state index in [2.05, 4.69) is 16.8 Å². The zero-order valence-corrected chi connectivity index (χ0v) is 12.0. The average molecular weight is 283 g/mol. The van der Waals surface area contributed by atoms with Gasteiger partial charge < -0.3 is 5.32 Å². The van der Waals surface area contributed by atoms with E-state index in [0.717, 1.165) is 43.7 Å². The molecule has 1 heterocycles. The lowest BCUT2D eigenvalue weighted by Gasteiger charge is -2.35. The SMILES string of the molecule is C=C(C)C[C@@H](c1ccc(Cl)c(F)c1)N1CCNCC1. The van der Waals surface area contributed by atoms with Crippen molar-refractivity contribution in [3.8, 4) is 0 Å². The Hall–Kier alpha value is -0.900. The lowest BCUT2D eigenvalue weighted by molar-refractivity contribution is 0.172. The minimum Gasteiger partial charge on any atom is -0.314 e. The zero-order chi connectivity index (χ0) is 13.8. The molecule has 0 aliphatic carbocycles. The maximum Gasteiger partial charge on any atom is 0.142 e. The third-order valence-corrected chi connectivity index (χ3v) is 3.77. The fourth-order valence-electron chi connectivity index (χ4n) is 2.50.